The van der Waals surface area contributed by atoms with Crippen LogP contribution >= 0.6 is 0 Å². The van der Waals surface area contributed by atoms with Crippen molar-refractivity contribution in [3.05, 3.63) is 30.3 Å². The van der Waals surface area contributed by atoms with Crippen LogP contribution in [0.5, 0.6) is 0 Å². The van der Waals surface area contributed by atoms with Crippen molar-refractivity contribution in [3.8, 4) is 0 Å². The van der Waals surface area contributed by atoms with Gasteiger partial charge in [-0.3, -0.25) is 0 Å². The second-order valence-corrected chi connectivity index (χ2v) is 2.96. The molecule has 0 aromatic heterocycles. The number of hydrogen-bond donors (Lipinski definition) is 2. The van der Waals surface area contributed by atoms with E-state index in [0.717, 1.165) is 5.69 Å². The number of alkyl carbamates (subject to hydrolysis) is 1. The Bertz CT molecular complexity index is 288. The molecule has 0 heterocycles. The van der Waals surface area contributed by atoms with E-state index in [2.05, 4.69) is 10.6 Å². The number of para-hydroxylation sites is 1. The van der Waals surface area contributed by atoms with Crippen molar-refractivity contribution < 1.29 is 9.53 Å². The molecule has 1 amide bonds. The monoisotopic (exact) mass is 208 g/mol. The Balaban J connectivity index is 2.10. The molecule has 0 saturated carbocycles. The van der Waals surface area contributed by atoms with Gasteiger partial charge in [0.1, 0.15) is 6.61 Å². The van der Waals surface area contributed by atoms with E-state index < -0.39 is 0 Å². The van der Waals surface area contributed by atoms with E-state index in [-0.39, 0.29) is 6.09 Å². The van der Waals surface area contributed by atoms with Crippen molar-refractivity contribution in [2.45, 2.75) is 6.92 Å². The maximum atomic E-state index is 10.9. The molecule has 1 aromatic carbocycles. The highest BCUT2D eigenvalue weighted by molar-refractivity contribution is 5.66. The smallest absolute Gasteiger partial charge is 0.407 e. The van der Waals surface area contributed by atoms with Crippen LogP contribution in [0.15, 0.2) is 30.3 Å². The van der Waals surface area contributed by atoms with Gasteiger partial charge in [-0.2, -0.15) is 0 Å². The first-order valence-electron chi connectivity index (χ1n) is 5.02. The molecule has 2 N–H and O–H groups in total. The molecule has 0 unspecified atom stereocenters. The predicted molar refractivity (Wildman–Crippen MR) is 60.0 cm³/mol. The maximum Gasteiger partial charge on any atom is 0.407 e. The summed E-state index contributed by atoms with van der Waals surface area (Å²) in [5.74, 6) is 0. The summed E-state index contributed by atoms with van der Waals surface area (Å²) in [5, 5.41) is 5.69. The maximum absolute atomic E-state index is 10.9. The highest BCUT2D eigenvalue weighted by atomic mass is 16.5. The molecule has 4 nitrogen and oxygen atoms in total. The molecule has 0 bridgehead atoms. The number of carbonyl (C=O) groups excluding carboxylic acids is 1. The molecular weight excluding hydrogens is 192 g/mol. The average Bonchev–Trinajstić information content (AvgIpc) is 2.26. The number of benzene rings is 1. The summed E-state index contributed by atoms with van der Waals surface area (Å²) in [4.78, 5) is 10.9. The molecular formula is C11H16N2O2. The first kappa shape index (κ1) is 11.4. The van der Waals surface area contributed by atoms with Gasteiger partial charge in [0.05, 0.1) is 0 Å². The Morgan fingerprint density at radius 3 is 2.73 bits per heavy atom. The number of carbonyl (C=O) groups is 1. The number of anilines is 1. The summed E-state index contributed by atoms with van der Waals surface area (Å²) >= 11 is 0. The van der Waals surface area contributed by atoms with Crippen LogP contribution in [0, 0.1) is 0 Å². The first-order valence-corrected chi connectivity index (χ1v) is 5.02. The van der Waals surface area contributed by atoms with Gasteiger partial charge >= 0.3 is 6.09 Å². The highest BCUT2D eigenvalue weighted by Gasteiger charge is 1.97. The second-order valence-electron chi connectivity index (χ2n) is 2.96. The fourth-order valence-corrected chi connectivity index (χ4v) is 1.09. The van der Waals surface area contributed by atoms with E-state index in [1.165, 1.54) is 0 Å². The summed E-state index contributed by atoms with van der Waals surface area (Å²) in [6.45, 7) is 3.41. The third-order valence-electron chi connectivity index (χ3n) is 1.76. The van der Waals surface area contributed by atoms with E-state index in [1.807, 2.05) is 37.3 Å². The molecule has 0 saturated heterocycles. The normalized spacial score (nSPS) is 9.40. The quantitative estimate of drug-likeness (QED) is 0.726. The standard InChI is InChI=1S/C11H16N2O2/c1-2-12-11(14)15-9-8-13-10-6-4-3-5-7-10/h3-7,13H,2,8-9H2,1H3,(H,12,14). The Morgan fingerprint density at radius 2 is 2.07 bits per heavy atom. The van der Waals surface area contributed by atoms with Crippen molar-refractivity contribution >= 4 is 11.8 Å². The minimum Gasteiger partial charge on any atom is -0.448 e. The SMILES string of the molecule is CCNC(=O)OCCNc1ccccc1. The van der Waals surface area contributed by atoms with Crippen LogP contribution in [0.2, 0.25) is 0 Å². The van der Waals surface area contributed by atoms with Crippen LogP contribution in [-0.2, 0) is 4.74 Å². The Kier molecular flexibility index (Phi) is 5.08. The van der Waals surface area contributed by atoms with Gasteiger partial charge in [-0.05, 0) is 19.1 Å². The summed E-state index contributed by atoms with van der Waals surface area (Å²) < 4.78 is 4.89. The van der Waals surface area contributed by atoms with Crippen molar-refractivity contribution in [1.29, 1.82) is 0 Å². The zero-order valence-corrected chi connectivity index (χ0v) is 8.82. The van der Waals surface area contributed by atoms with Crippen LogP contribution in [-0.4, -0.2) is 25.8 Å². The minimum atomic E-state index is -0.368. The summed E-state index contributed by atoms with van der Waals surface area (Å²) in [6.07, 6.45) is -0.368. The van der Waals surface area contributed by atoms with Gasteiger partial charge in [-0.25, -0.2) is 4.79 Å². The molecule has 0 aliphatic carbocycles. The number of ether oxygens (including phenoxy) is 1. The zero-order valence-electron chi connectivity index (χ0n) is 8.82. The summed E-state index contributed by atoms with van der Waals surface area (Å²) in [6, 6.07) is 9.79. The van der Waals surface area contributed by atoms with E-state index in [0.29, 0.717) is 19.7 Å². The van der Waals surface area contributed by atoms with Crippen LogP contribution in [0.25, 0.3) is 0 Å². The Labute approximate surface area is 89.6 Å². The average molecular weight is 208 g/mol. The van der Waals surface area contributed by atoms with Gasteiger partial charge in [0, 0.05) is 18.8 Å². The second kappa shape index (κ2) is 6.70. The molecule has 1 aromatic rings. The third kappa shape index (κ3) is 4.90. The van der Waals surface area contributed by atoms with Gasteiger partial charge in [-0.15, -0.1) is 0 Å². The van der Waals surface area contributed by atoms with E-state index >= 15 is 0 Å². The third-order valence-corrected chi connectivity index (χ3v) is 1.76. The lowest BCUT2D eigenvalue weighted by atomic mass is 10.3. The lowest BCUT2D eigenvalue weighted by molar-refractivity contribution is 0.151. The molecule has 82 valence electrons. The van der Waals surface area contributed by atoms with Gasteiger partial charge < -0.3 is 15.4 Å². The summed E-state index contributed by atoms with van der Waals surface area (Å²) in [5.41, 5.74) is 1.02. The molecule has 0 aliphatic heterocycles. The van der Waals surface area contributed by atoms with E-state index in [1.54, 1.807) is 0 Å². The van der Waals surface area contributed by atoms with Crippen molar-refractivity contribution in [2.75, 3.05) is 25.0 Å². The summed E-state index contributed by atoms with van der Waals surface area (Å²) in [7, 11) is 0. The molecule has 0 aliphatic rings. The van der Waals surface area contributed by atoms with Crippen molar-refractivity contribution in [1.82, 2.24) is 5.32 Å². The fraction of sp³-hybridized carbons (Fsp3) is 0.364. The lowest BCUT2D eigenvalue weighted by Gasteiger charge is -2.07. The molecule has 0 spiro atoms. The largest absolute Gasteiger partial charge is 0.448 e. The molecule has 0 atom stereocenters. The van der Waals surface area contributed by atoms with Crippen LogP contribution < -0.4 is 10.6 Å². The number of amides is 1. The van der Waals surface area contributed by atoms with Gasteiger partial charge in [0.25, 0.3) is 0 Å². The fourth-order valence-electron chi connectivity index (χ4n) is 1.09. The zero-order chi connectivity index (χ0) is 10.9. The van der Waals surface area contributed by atoms with Gasteiger partial charge in [-0.1, -0.05) is 18.2 Å². The minimum absolute atomic E-state index is 0.362. The molecule has 1 rings (SSSR count). The van der Waals surface area contributed by atoms with E-state index in [9.17, 15) is 4.79 Å². The van der Waals surface area contributed by atoms with Crippen molar-refractivity contribution in [3.63, 3.8) is 0 Å². The van der Waals surface area contributed by atoms with Crippen LogP contribution in [0.3, 0.4) is 0 Å². The van der Waals surface area contributed by atoms with Gasteiger partial charge in [0.15, 0.2) is 0 Å². The molecule has 0 fully saturated rings. The van der Waals surface area contributed by atoms with Crippen LogP contribution in [0.1, 0.15) is 6.92 Å². The molecule has 15 heavy (non-hydrogen) atoms. The predicted octanol–water partition coefficient (Wildman–Crippen LogP) is 1.84. The Hall–Kier alpha value is -1.71. The number of rotatable bonds is 5. The lowest BCUT2D eigenvalue weighted by Crippen LogP contribution is -2.25. The first-order chi connectivity index (χ1) is 7.33. The van der Waals surface area contributed by atoms with Crippen molar-refractivity contribution in [2.24, 2.45) is 0 Å². The van der Waals surface area contributed by atoms with Gasteiger partial charge in [0.2, 0.25) is 0 Å². The molecule has 4 heteroatoms. The Morgan fingerprint density at radius 1 is 1.33 bits per heavy atom. The number of hydrogen-bond acceptors (Lipinski definition) is 3. The highest BCUT2D eigenvalue weighted by Crippen LogP contribution is 2.03. The molecule has 0 radical (unpaired) electrons. The van der Waals surface area contributed by atoms with Crippen LogP contribution in [0.4, 0.5) is 10.5 Å². The van der Waals surface area contributed by atoms with E-state index in [4.69, 9.17) is 4.74 Å². The number of nitrogens with one attached hydrogen (secondary N) is 2. The topological polar surface area (TPSA) is 50.4 Å².